The summed E-state index contributed by atoms with van der Waals surface area (Å²) in [7, 11) is -4.60. The highest BCUT2D eigenvalue weighted by atomic mass is 79.9. The second-order valence-corrected chi connectivity index (χ2v) is 7.39. The molecule has 0 spiro atoms. The Kier molecular flexibility index (Phi) is 3.85. The Labute approximate surface area is 134 Å². The van der Waals surface area contributed by atoms with Gasteiger partial charge in [0, 0.05) is 34.9 Å². The number of hydrogen-bond donors (Lipinski definition) is 0. The molecule has 1 fully saturated rings. The highest BCUT2D eigenvalue weighted by Gasteiger charge is 2.35. The maximum atomic E-state index is 12.8. The van der Waals surface area contributed by atoms with E-state index < -0.39 is 21.9 Å². The van der Waals surface area contributed by atoms with Gasteiger partial charge in [-0.3, -0.25) is 9.69 Å². The molecule has 22 heavy (non-hydrogen) atoms. The molecular formula is C13H11BrFN3O3S. The van der Waals surface area contributed by atoms with Crippen LogP contribution in [0.2, 0.25) is 0 Å². The van der Waals surface area contributed by atoms with Crippen molar-refractivity contribution < 1.29 is 17.1 Å². The summed E-state index contributed by atoms with van der Waals surface area (Å²) in [6.07, 6.45) is 1.57. The van der Waals surface area contributed by atoms with Gasteiger partial charge in [0.2, 0.25) is 11.9 Å². The van der Waals surface area contributed by atoms with E-state index in [1.165, 1.54) is 4.90 Å². The third-order valence-corrected chi connectivity index (χ3v) is 5.00. The summed E-state index contributed by atoms with van der Waals surface area (Å²) in [4.78, 5) is 21.8. The fourth-order valence-corrected chi connectivity index (χ4v) is 3.75. The highest BCUT2D eigenvalue weighted by Crippen LogP contribution is 2.27. The van der Waals surface area contributed by atoms with Crippen LogP contribution < -0.4 is 4.90 Å². The maximum absolute atomic E-state index is 12.8. The van der Waals surface area contributed by atoms with Gasteiger partial charge in [0.15, 0.2) is 0 Å². The van der Waals surface area contributed by atoms with Gasteiger partial charge in [-0.05, 0) is 12.1 Å². The lowest BCUT2D eigenvalue weighted by atomic mass is 10.1. The third kappa shape index (κ3) is 3.09. The van der Waals surface area contributed by atoms with Crippen LogP contribution in [0.3, 0.4) is 0 Å². The van der Waals surface area contributed by atoms with E-state index in [1.807, 2.05) is 12.1 Å². The number of amides is 1. The van der Waals surface area contributed by atoms with Gasteiger partial charge in [-0.25, -0.2) is 9.97 Å². The number of fused-ring (bicyclic) bond motifs is 1. The van der Waals surface area contributed by atoms with Crippen LogP contribution in [0, 0.1) is 5.92 Å². The standard InChI is InChI=1S/C13H11BrFN3O3S/c14-10-2-1-3-11-9(10)5-16-13(17-11)18-6-8(4-12(18)19)7-22(15,20)21/h1-3,5,8H,4,6-7H2. The van der Waals surface area contributed by atoms with Crippen LogP contribution in [0.4, 0.5) is 9.83 Å². The molecule has 2 aromatic rings. The van der Waals surface area contributed by atoms with Crippen LogP contribution in [0.1, 0.15) is 6.42 Å². The van der Waals surface area contributed by atoms with Crippen molar-refractivity contribution in [3.05, 3.63) is 28.9 Å². The average molecular weight is 388 g/mol. The Morgan fingerprint density at radius 3 is 2.91 bits per heavy atom. The predicted molar refractivity (Wildman–Crippen MR) is 82.6 cm³/mol. The molecule has 1 aliphatic heterocycles. The fraction of sp³-hybridized carbons (Fsp3) is 0.308. The van der Waals surface area contributed by atoms with Crippen molar-refractivity contribution in [2.75, 3.05) is 17.2 Å². The Morgan fingerprint density at radius 1 is 1.41 bits per heavy atom. The molecule has 1 aromatic heterocycles. The van der Waals surface area contributed by atoms with Gasteiger partial charge in [-0.15, -0.1) is 3.89 Å². The number of aromatic nitrogens is 2. The molecule has 6 nitrogen and oxygen atoms in total. The minimum atomic E-state index is -4.60. The second-order valence-electron chi connectivity index (χ2n) is 5.12. The molecule has 0 aliphatic carbocycles. The molecular weight excluding hydrogens is 377 g/mol. The van der Waals surface area contributed by atoms with Crippen molar-refractivity contribution in [1.82, 2.24) is 9.97 Å². The molecule has 0 N–H and O–H groups in total. The van der Waals surface area contributed by atoms with Crippen molar-refractivity contribution in [3.8, 4) is 0 Å². The summed E-state index contributed by atoms with van der Waals surface area (Å²) >= 11 is 3.39. The van der Waals surface area contributed by atoms with Gasteiger partial charge in [0.1, 0.15) is 0 Å². The quantitative estimate of drug-likeness (QED) is 0.752. The van der Waals surface area contributed by atoms with Gasteiger partial charge in [-0.1, -0.05) is 22.0 Å². The first-order valence-corrected chi connectivity index (χ1v) is 8.82. The normalized spacial score (nSPS) is 19.1. The number of hydrogen-bond acceptors (Lipinski definition) is 5. The molecule has 2 heterocycles. The summed E-state index contributed by atoms with van der Waals surface area (Å²) in [5.41, 5.74) is 0.661. The monoisotopic (exact) mass is 387 g/mol. The molecule has 116 valence electrons. The maximum Gasteiger partial charge on any atom is 0.302 e. The zero-order valence-electron chi connectivity index (χ0n) is 11.2. The number of rotatable bonds is 3. The smallest absolute Gasteiger partial charge is 0.280 e. The van der Waals surface area contributed by atoms with Crippen LogP contribution in [0.5, 0.6) is 0 Å². The van der Waals surface area contributed by atoms with Crippen LogP contribution >= 0.6 is 15.9 Å². The molecule has 1 aromatic carbocycles. The molecule has 0 saturated carbocycles. The minimum Gasteiger partial charge on any atom is -0.280 e. The van der Waals surface area contributed by atoms with E-state index in [4.69, 9.17) is 0 Å². The molecule has 1 amide bonds. The molecule has 1 atom stereocenters. The van der Waals surface area contributed by atoms with E-state index in [-0.39, 0.29) is 24.8 Å². The van der Waals surface area contributed by atoms with E-state index in [0.29, 0.717) is 5.52 Å². The molecule has 0 radical (unpaired) electrons. The summed E-state index contributed by atoms with van der Waals surface area (Å²) in [5.74, 6) is -1.34. The van der Waals surface area contributed by atoms with Crippen molar-refractivity contribution in [3.63, 3.8) is 0 Å². The van der Waals surface area contributed by atoms with Crippen LogP contribution in [0.25, 0.3) is 10.9 Å². The van der Waals surface area contributed by atoms with Gasteiger partial charge in [0.05, 0.1) is 11.3 Å². The lowest BCUT2D eigenvalue weighted by Crippen LogP contribution is -2.27. The Hall–Kier alpha value is -1.61. The number of anilines is 1. The Balaban J connectivity index is 1.90. The van der Waals surface area contributed by atoms with Crippen molar-refractivity contribution in [1.29, 1.82) is 0 Å². The first kappa shape index (κ1) is 15.3. The number of benzene rings is 1. The predicted octanol–water partition coefficient (Wildman–Crippen LogP) is 2.04. The van der Waals surface area contributed by atoms with Crippen molar-refractivity contribution in [2.24, 2.45) is 5.92 Å². The molecule has 0 bridgehead atoms. The van der Waals surface area contributed by atoms with E-state index in [2.05, 4.69) is 25.9 Å². The van der Waals surface area contributed by atoms with E-state index in [1.54, 1.807) is 12.3 Å². The molecule has 9 heteroatoms. The van der Waals surface area contributed by atoms with Crippen molar-refractivity contribution >= 4 is 48.9 Å². The number of halogens is 2. The summed E-state index contributed by atoms with van der Waals surface area (Å²) in [6, 6.07) is 5.46. The van der Waals surface area contributed by atoms with Crippen LogP contribution in [-0.2, 0) is 15.0 Å². The molecule has 1 aliphatic rings. The molecule has 1 unspecified atom stereocenters. The van der Waals surface area contributed by atoms with Gasteiger partial charge < -0.3 is 0 Å². The van der Waals surface area contributed by atoms with Crippen LogP contribution in [-0.4, -0.2) is 36.6 Å². The first-order chi connectivity index (χ1) is 10.3. The van der Waals surface area contributed by atoms with Gasteiger partial charge in [0.25, 0.3) is 0 Å². The number of carbonyl (C=O) groups excluding carboxylic acids is 1. The van der Waals surface area contributed by atoms with E-state index in [0.717, 1.165) is 9.86 Å². The largest absolute Gasteiger partial charge is 0.302 e. The number of carbonyl (C=O) groups is 1. The van der Waals surface area contributed by atoms with Gasteiger partial charge in [-0.2, -0.15) is 8.42 Å². The Morgan fingerprint density at radius 2 is 2.18 bits per heavy atom. The van der Waals surface area contributed by atoms with Crippen LogP contribution in [0.15, 0.2) is 28.9 Å². The molecule has 3 rings (SSSR count). The topological polar surface area (TPSA) is 80.2 Å². The highest BCUT2D eigenvalue weighted by molar-refractivity contribution is 9.10. The SMILES string of the molecule is O=C1CC(CS(=O)(=O)F)CN1c1ncc2c(Br)cccc2n1. The van der Waals surface area contributed by atoms with E-state index >= 15 is 0 Å². The van der Waals surface area contributed by atoms with E-state index in [9.17, 15) is 17.1 Å². The molecule has 1 saturated heterocycles. The fourth-order valence-electron chi connectivity index (χ4n) is 2.51. The Bertz CT molecular complexity index is 859. The average Bonchev–Trinajstić information content (AvgIpc) is 2.77. The number of nitrogens with zero attached hydrogens (tertiary/aromatic N) is 3. The zero-order chi connectivity index (χ0) is 15.9. The summed E-state index contributed by atoms with van der Waals surface area (Å²) in [6.45, 7) is 0.0987. The first-order valence-electron chi connectivity index (χ1n) is 6.47. The van der Waals surface area contributed by atoms with Crippen molar-refractivity contribution in [2.45, 2.75) is 6.42 Å². The lowest BCUT2D eigenvalue weighted by molar-refractivity contribution is -0.117. The summed E-state index contributed by atoms with van der Waals surface area (Å²) < 4.78 is 35.0. The lowest BCUT2D eigenvalue weighted by Gasteiger charge is -2.14. The zero-order valence-corrected chi connectivity index (χ0v) is 13.6. The van der Waals surface area contributed by atoms with Gasteiger partial charge >= 0.3 is 10.2 Å². The minimum absolute atomic E-state index is 0.0248. The second kappa shape index (κ2) is 5.54. The third-order valence-electron chi connectivity index (χ3n) is 3.44. The summed E-state index contributed by atoms with van der Waals surface area (Å²) in [5, 5.41) is 0.806.